The van der Waals surface area contributed by atoms with E-state index in [-0.39, 0.29) is 0 Å². The van der Waals surface area contributed by atoms with E-state index in [2.05, 4.69) is 34.4 Å². The van der Waals surface area contributed by atoms with Crippen LogP contribution in [0.2, 0.25) is 0 Å². The van der Waals surface area contributed by atoms with E-state index >= 15 is 0 Å². The third kappa shape index (κ3) is 16.2. The fraction of sp³-hybridized carbons (Fsp3) is 1.00. The minimum atomic E-state index is -3.41. The Hall–Kier alpha value is 0.250. The summed E-state index contributed by atoms with van der Waals surface area (Å²) < 4.78 is 23.9. The minimum absolute atomic E-state index is 0.291. The lowest BCUT2D eigenvalue weighted by atomic mass is 10.1. The van der Waals surface area contributed by atoms with Crippen molar-refractivity contribution in [3.8, 4) is 0 Å². The third-order valence-electron chi connectivity index (χ3n) is 2.48. The molecule has 1 atom stereocenters. The van der Waals surface area contributed by atoms with Crippen LogP contribution in [0.15, 0.2) is 0 Å². The molecule has 0 aliphatic rings. The maximum atomic E-state index is 10.6. The zero-order valence-electron chi connectivity index (χ0n) is 10.9. The predicted molar refractivity (Wildman–Crippen MR) is 75.0 cm³/mol. The van der Waals surface area contributed by atoms with Crippen LogP contribution < -0.4 is 0 Å². The molecule has 0 aromatic carbocycles. The molecule has 17 heavy (non-hydrogen) atoms. The molecule has 0 rings (SSSR count). The van der Waals surface area contributed by atoms with Gasteiger partial charge in [0.1, 0.15) is 0 Å². The van der Waals surface area contributed by atoms with E-state index in [1.807, 2.05) is 0 Å². The van der Waals surface area contributed by atoms with E-state index in [1.165, 1.54) is 25.7 Å². The molecule has 0 amide bonds. The van der Waals surface area contributed by atoms with Gasteiger partial charge in [-0.3, -0.25) is 8.74 Å². The first-order valence-corrected chi connectivity index (χ1v) is 8.55. The zero-order valence-corrected chi connectivity index (χ0v) is 12.5. The lowest BCUT2D eigenvalue weighted by Gasteiger charge is -2.08. The molecule has 0 fully saturated rings. The van der Waals surface area contributed by atoms with Crippen LogP contribution in [0.25, 0.3) is 0 Å². The van der Waals surface area contributed by atoms with Gasteiger partial charge in [0.15, 0.2) is 0 Å². The minimum Gasteiger partial charge on any atom is -0.309 e. The Morgan fingerprint density at radius 2 is 1.53 bits per heavy atom. The highest BCUT2D eigenvalue weighted by Gasteiger charge is 1.98. The zero-order chi connectivity index (χ0) is 13.1. The largest absolute Gasteiger partial charge is 0.309 e. The van der Waals surface area contributed by atoms with Gasteiger partial charge in [-0.1, -0.05) is 32.1 Å². The van der Waals surface area contributed by atoms with Gasteiger partial charge in [0.2, 0.25) is 0 Å². The molecule has 4 nitrogen and oxygen atoms in total. The van der Waals surface area contributed by atoms with E-state index in [0.717, 1.165) is 25.8 Å². The monoisotopic (exact) mass is 283 g/mol. The van der Waals surface area contributed by atoms with Crippen LogP contribution in [-0.2, 0) is 24.4 Å². The molecule has 0 bridgehead atoms. The highest BCUT2D eigenvalue weighted by molar-refractivity contribution is 8.27. The SMILES string of the molecule is CN(C)CCCCCCCCCOS(=O)(O)=S. The average Bonchev–Trinajstić information content (AvgIpc) is 2.18. The van der Waals surface area contributed by atoms with Crippen molar-refractivity contribution in [1.29, 1.82) is 0 Å². The summed E-state index contributed by atoms with van der Waals surface area (Å²) in [6, 6.07) is 0. The molecule has 0 saturated heterocycles. The second kappa shape index (κ2) is 10.2. The molecule has 6 heteroatoms. The van der Waals surface area contributed by atoms with Crippen LogP contribution in [0.3, 0.4) is 0 Å². The molecule has 0 saturated carbocycles. The Morgan fingerprint density at radius 1 is 1.06 bits per heavy atom. The van der Waals surface area contributed by atoms with E-state index in [9.17, 15) is 4.21 Å². The Labute approximate surface area is 110 Å². The van der Waals surface area contributed by atoms with Crippen molar-refractivity contribution in [1.82, 2.24) is 4.90 Å². The molecular formula is C11H25NO3S2. The molecule has 0 aliphatic heterocycles. The molecule has 0 aliphatic carbocycles. The van der Waals surface area contributed by atoms with Gasteiger partial charge < -0.3 is 4.90 Å². The summed E-state index contributed by atoms with van der Waals surface area (Å²) in [4.78, 5) is 2.21. The standard InChI is InChI=1S/C11H25NO3S2/c1-12(2)10-8-6-4-3-5-7-9-11-15-17(13,14)16/h3-11H2,1-2H3,(H,13,14,16). The Bertz CT molecular complexity index is 266. The molecule has 0 aromatic heterocycles. The highest BCUT2D eigenvalue weighted by atomic mass is 32.9. The van der Waals surface area contributed by atoms with Crippen LogP contribution in [0.5, 0.6) is 0 Å². The van der Waals surface area contributed by atoms with Gasteiger partial charge in [0.25, 0.3) is 9.05 Å². The van der Waals surface area contributed by atoms with Crippen LogP contribution >= 0.6 is 0 Å². The average molecular weight is 283 g/mol. The molecule has 0 radical (unpaired) electrons. The van der Waals surface area contributed by atoms with Gasteiger partial charge in [-0.15, -0.1) is 0 Å². The van der Waals surface area contributed by atoms with Gasteiger partial charge in [0, 0.05) is 11.2 Å². The molecular weight excluding hydrogens is 258 g/mol. The van der Waals surface area contributed by atoms with Gasteiger partial charge >= 0.3 is 0 Å². The van der Waals surface area contributed by atoms with Crippen molar-refractivity contribution in [2.24, 2.45) is 0 Å². The molecule has 0 aromatic rings. The topological polar surface area (TPSA) is 49.8 Å². The van der Waals surface area contributed by atoms with Gasteiger partial charge in [-0.2, -0.15) is 4.21 Å². The van der Waals surface area contributed by atoms with E-state index in [1.54, 1.807) is 0 Å². The summed E-state index contributed by atoms with van der Waals surface area (Å²) in [5.41, 5.74) is 0. The molecule has 104 valence electrons. The fourth-order valence-electron chi connectivity index (χ4n) is 1.58. The van der Waals surface area contributed by atoms with Crippen LogP contribution in [0.1, 0.15) is 44.9 Å². The lowest BCUT2D eigenvalue weighted by molar-refractivity contribution is 0.294. The Balaban J connectivity index is 3.09. The first-order chi connectivity index (χ1) is 7.92. The number of hydrogen-bond donors (Lipinski definition) is 1. The van der Waals surface area contributed by atoms with Crippen LogP contribution in [0.4, 0.5) is 0 Å². The van der Waals surface area contributed by atoms with E-state index in [4.69, 9.17) is 4.55 Å². The second-order valence-electron chi connectivity index (χ2n) is 4.53. The first kappa shape index (κ1) is 17.2. The summed E-state index contributed by atoms with van der Waals surface area (Å²) in [5, 5.41) is 0. The van der Waals surface area contributed by atoms with E-state index < -0.39 is 9.05 Å². The molecule has 0 heterocycles. The van der Waals surface area contributed by atoms with Gasteiger partial charge in [-0.25, -0.2) is 0 Å². The van der Waals surface area contributed by atoms with Crippen molar-refractivity contribution in [2.75, 3.05) is 27.2 Å². The molecule has 1 unspecified atom stereocenters. The van der Waals surface area contributed by atoms with E-state index in [0.29, 0.717) is 6.61 Å². The number of nitrogens with zero attached hydrogens (tertiary/aromatic N) is 1. The van der Waals surface area contributed by atoms with Crippen LogP contribution in [-0.4, -0.2) is 40.9 Å². The summed E-state index contributed by atoms with van der Waals surface area (Å²) in [5.74, 6) is 0. The molecule has 0 spiro atoms. The number of unbranched alkanes of at least 4 members (excludes halogenated alkanes) is 6. The van der Waals surface area contributed by atoms with Gasteiger partial charge in [0.05, 0.1) is 6.61 Å². The summed E-state index contributed by atoms with van der Waals surface area (Å²) in [6.07, 6.45) is 8.06. The van der Waals surface area contributed by atoms with Crippen molar-refractivity contribution in [3.05, 3.63) is 0 Å². The normalized spacial score (nSPS) is 15.1. The summed E-state index contributed by atoms with van der Waals surface area (Å²) in [7, 11) is 0.783. The Kier molecular flexibility index (Phi) is 10.3. The highest BCUT2D eigenvalue weighted by Crippen LogP contribution is 2.07. The van der Waals surface area contributed by atoms with Crippen molar-refractivity contribution in [3.63, 3.8) is 0 Å². The predicted octanol–water partition coefficient (Wildman–Crippen LogP) is 2.43. The van der Waals surface area contributed by atoms with Crippen LogP contribution in [0, 0.1) is 0 Å². The summed E-state index contributed by atoms with van der Waals surface area (Å²) >= 11 is 4.21. The van der Waals surface area contributed by atoms with Crippen molar-refractivity contribution < 1.29 is 12.9 Å². The van der Waals surface area contributed by atoms with Crippen molar-refractivity contribution in [2.45, 2.75) is 44.9 Å². The first-order valence-electron chi connectivity index (χ1n) is 6.18. The Morgan fingerprint density at radius 3 is 2.00 bits per heavy atom. The second-order valence-corrected chi connectivity index (χ2v) is 6.88. The smallest absolute Gasteiger partial charge is 0.266 e. The quantitative estimate of drug-likeness (QED) is 0.590. The maximum Gasteiger partial charge on any atom is 0.266 e. The third-order valence-corrected chi connectivity index (χ3v) is 3.24. The number of hydrogen-bond acceptors (Lipinski definition) is 4. The van der Waals surface area contributed by atoms with Gasteiger partial charge in [-0.05, 0) is 33.5 Å². The van der Waals surface area contributed by atoms with Crippen molar-refractivity contribution >= 4 is 20.2 Å². The molecule has 1 N–H and O–H groups in total. The fourth-order valence-corrected chi connectivity index (χ4v) is 2.11. The summed E-state index contributed by atoms with van der Waals surface area (Å²) in [6.45, 7) is 1.46. The number of rotatable bonds is 11. The maximum absolute atomic E-state index is 10.6. The lowest BCUT2D eigenvalue weighted by Crippen LogP contribution is -2.12.